The molecular formula is C25H24N4O4S2. The van der Waals surface area contributed by atoms with Gasteiger partial charge in [0.25, 0.3) is 10.0 Å². The lowest BCUT2D eigenvalue weighted by Gasteiger charge is -2.26. The number of hydrogen-bond donors (Lipinski definition) is 1. The third-order valence-corrected chi connectivity index (χ3v) is 7.85. The lowest BCUT2D eigenvalue weighted by molar-refractivity contribution is -0.114. The summed E-state index contributed by atoms with van der Waals surface area (Å²) in [7, 11) is -2.63. The van der Waals surface area contributed by atoms with Gasteiger partial charge in [-0.05, 0) is 43.7 Å². The number of hydrogen-bond acceptors (Lipinski definition) is 7. The normalized spacial score (nSPS) is 11.2. The molecule has 0 aliphatic carbocycles. The van der Waals surface area contributed by atoms with Crippen LogP contribution >= 0.6 is 11.3 Å². The highest BCUT2D eigenvalue weighted by molar-refractivity contribution is 7.92. The van der Waals surface area contributed by atoms with Gasteiger partial charge in [-0.2, -0.15) is 0 Å². The summed E-state index contributed by atoms with van der Waals surface area (Å²) < 4.78 is 33.8. The minimum absolute atomic E-state index is 0.0711. The van der Waals surface area contributed by atoms with Crippen molar-refractivity contribution in [3.05, 3.63) is 83.9 Å². The van der Waals surface area contributed by atoms with Crippen LogP contribution in [0.1, 0.15) is 11.1 Å². The second-order valence-corrected chi connectivity index (χ2v) is 10.7. The van der Waals surface area contributed by atoms with Crippen LogP contribution in [0.15, 0.2) is 77.7 Å². The Kier molecular flexibility index (Phi) is 7.13. The van der Waals surface area contributed by atoms with E-state index in [9.17, 15) is 13.2 Å². The van der Waals surface area contributed by atoms with Gasteiger partial charge in [0, 0.05) is 5.56 Å². The molecule has 3 aromatic carbocycles. The van der Waals surface area contributed by atoms with Crippen molar-refractivity contribution in [3.63, 3.8) is 0 Å². The van der Waals surface area contributed by atoms with E-state index in [-0.39, 0.29) is 15.7 Å². The molecule has 0 saturated heterocycles. The Labute approximate surface area is 208 Å². The number of rotatable bonds is 8. The van der Waals surface area contributed by atoms with Gasteiger partial charge in [-0.3, -0.25) is 14.4 Å². The number of benzene rings is 3. The maximum atomic E-state index is 13.7. The molecule has 10 heteroatoms. The van der Waals surface area contributed by atoms with E-state index in [4.69, 9.17) is 4.74 Å². The van der Waals surface area contributed by atoms with Crippen LogP contribution in [0.3, 0.4) is 0 Å². The lowest BCUT2D eigenvalue weighted by atomic mass is 10.2. The first-order valence-corrected chi connectivity index (χ1v) is 13.0. The zero-order valence-corrected chi connectivity index (χ0v) is 21.1. The fraction of sp³-hybridized carbons (Fsp3) is 0.160. The van der Waals surface area contributed by atoms with Gasteiger partial charge in [-0.25, -0.2) is 8.42 Å². The Bertz CT molecular complexity index is 1440. The molecule has 0 bridgehead atoms. The van der Waals surface area contributed by atoms with Gasteiger partial charge in [0.2, 0.25) is 11.0 Å². The van der Waals surface area contributed by atoms with Crippen molar-refractivity contribution in [3.8, 4) is 16.3 Å². The third kappa shape index (κ3) is 5.50. The van der Waals surface area contributed by atoms with Gasteiger partial charge in [0.05, 0.1) is 17.7 Å². The Balaban J connectivity index is 1.66. The molecule has 180 valence electrons. The summed E-state index contributed by atoms with van der Waals surface area (Å²) in [5.74, 6) is -0.221. The Hall–Kier alpha value is -3.76. The minimum atomic E-state index is -4.09. The maximum Gasteiger partial charge on any atom is 0.264 e. The molecule has 0 atom stereocenters. The molecule has 0 spiro atoms. The summed E-state index contributed by atoms with van der Waals surface area (Å²) in [6, 6.07) is 21.1. The van der Waals surface area contributed by atoms with Crippen LogP contribution in [0, 0.1) is 13.8 Å². The second kappa shape index (κ2) is 10.2. The fourth-order valence-corrected chi connectivity index (χ4v) is 5.58. The van der Waals surface area contributed by atoms with Crippen molar-refractivity contribution in [2.45, 2.75) is 18.7 Å². The molecule has 1 N–H and O–H groups in total. The first kappa shape index (κ1) is 24.4. The van der Waals surface area contributed by atoms with Crippen molar-refractivity contribution >= 4 is 38.1 Å². The summed E-state index contributed by atoms with van der Waals surface area (Å²) in [6.45, 7) is 3.24. The van der Waals surface area contributed by atoms with Crippen LogP contribution in [-0.4, -0.2) is 38.2 Å². The van der Waals surface area contributed by atoms with E-state index in [1.54, 1.807) is 24.3 Å². The van der Waals surface area contributed by atoms with E-state index in [2.05, 4.69) is 15.5 Å². The van der Waals surface area contributed by atoms with Crippen LogP contribution in [0.4, 0.5) is 10.8 Å². The molecule has 0 saturated carbocycles. The molecule has 0 aliphatic rings. The molecule has 0 unspecified atom stereocenters. The molecular weight excluding hydrogens is 484 g/mol. The van der Waals surface area contributed by atoms with Crippen molar-refractivity contribution in [2.75, 3.05) is 23.3 Å². The zero-order valence-electron chi connectivity index (χ0n) is 19.4. The standard InChI is InChI=1S/C25H24N4O4S2/c1-17-9-12-20(13-10-17)35(31,32)29(21-15-18(2)11-14-22(21)33-3)16-23(30)26-25-28-27-24(34-25)19-7-5-4-6-8-19/h4-15H,16H2,1-3H3,(H,26,28,30). The lowest BCUT2D eigenvalue weighted by Crippen LogP contribution is -2.38. The monoisotopic (exact) mass is 508 g/mol. The summed E-state index contributed by atoms with van der Waals surface area (Å²) >= 11 is 1.21. The summed E-state index contributed by atoms with van der Waals surface area (Å²) in [5, 5.41) is 11.8. The van der Waals surface area contributed by atoms with Crippen molar-refractivity contribution in [1.29, 1.82) is 0 Å². The van der Waals surface area contributed by atoms with Gasteiger partial charge in [0.1, 0.15) is 17.3 Å². The first-order chi connectivity index (χ1) is 16.8. The largest absolute Gasteiger partial charge is 0.495 e. The number of aromatic nitrogens is 2. The maximum absolute atomic E-state index is 13.7. The average molecular weight is 509 g/mol. The molecule has 8 nitrogen and oxygen atoms in total. The Morgan fingerprint density at radius 3 is 2.34 bits per heavy atom. The number of nitrogens with one attached hydrogen (secondary N) is 1. The number of methoxy groups -OCH3 is 1. The van der Waals surface area contributed by atoms with E-state index < -0.39 is 22.5 Å². The molecule has 0 aliphatic heterocycles. The van der Waals surface area contributed by atoms with Crippen LogP contribution < -0.4 is 14.4 Å². The molecule has 35 heavy (non-hydrogen) atoms. The van der Waals surface area contributed by atoms with Crippen LogP contribution in [0.25, 0.3) is 10.6 Å². The highest BCUT2D eigenvalue weighted by Crippen LogP contribution is 2.34. The number of amides is 1. The van der Waals surface area contributed by atoms with Crippen molar-refractivity contribution in [1.82, 2.24) is 10.2 Å². The summed E-state index contributed by atoms with van der Waals surface area (Å²) in [6.07, 6.45) is 0. The predicted molar refractivity (Wildman–Crippen MR) is 137 cm³/mol. The van der Waals surface area contributed by atoms with Gasteiger partial charge < -0.3 is 4.74 Å². The molecule has 1 heterocycles. The van der Waals surface area contributed by atoms with E-state index in [0.717, 1.165) is 21.0 Å². The third-order valence-electron chi connectivity index (χ3n) is 5.19. The van der Waals surface area contributed by atoms with Crippen molar-refractivity contribution in [2.24, 2.45) is 0 Å². The molecule has 4 rings (SSSR count). The topological polar surface area (TPSA) is 101 Å². The van der Waals surface area contributed by atoms with Crippen LogP contribution in [0.2, 0.25) is 0 Å². The molecule has 1 aromatic heterocycles. The highest BCUT2D eigenvalue weighted by atomic mass is 32.2. The van der Waals surface area contributed by atoms with Gasteiger partial charge in [0.15, 0.2) is 0 Å². The minimum Gasteiger partial charge on any atom is -0.495 e. The quantitative estimate of drug-likeness (QED) is 0.371. The number of carbonyl (C=O) groups is 1. The van der Waals surface area contributed by atoms with E-state index in [0.29, 0.717) is 10.8 Å². The number of nitrogens with zero attached hydrogens (tertiary/aromatic N) is 3. The van der Waals surface area contributed by atoms with E-state index >= 15 is 0 Å². The Morgan fingerprint density at radius 1 is 0.971 bits per heavy atom. The number of anilines is 2. The number of ether oxygens (including phenoxy) is 1. The van der Waals surface area contributed by atoms with Crippen molar-refractivity contribution < 1.29 is 17.9 Å². The molecule has 0 fully saturated rings. The smallest absolute Gasteiger partial charge is 0.264 e. The highest BCUT2D eigenvalue weighted by Gasteiger charge is 2.30. The Morgan fingerprint density at radius 2 is 1.66 bits per heavy atom. The molecule has 0 radical (unpaired) electrons. The van der Waals surface area contributed by atoms with Gasteiger partial charge in [-0.1, -0.05) is 65.4 Å². The van der Waals surface area contributed by atoms with Gasteiger partial charge >= 0.3 is 0 Å². The molecule has 4 aromatic rings. The number of carbonyl (C=O) groups excluding carboxylic acids is 1. The van der Waals surface area contributed by atoms with Crippen LogP contribution in [-0.2, 0) is 14.8 Å². The average Bonchev–Trinajstić information content (AvgIpc) is 3.31. The van der Waals surface area contributed by atoms with Crippen LogP contribution in [0.5, 0.6) is 5.75 Å². The van der Waals surface area contributed by atoms with E-state index in [1.165, 1.54) is 30.6 Å². The zero-order chi connectivity index (χ0) is 25.0. The van der Waals surface area contributed by atoms with E-state index in [1.807, 2.05) is 50.2 Å². The molecule has 1 amide bonds. The predicted octanol–water partition coefficient (Wildman–Crippen LogP) is 4.66. The number of aryl methyl sites for hydroxylation is 2. The second-order valence-electron chi connectivity index (χ2n) is 7.83. The summed E-state index contributed by atoms with van der Waals surface area (Å²) in [5.41, 5.74) is 2.89. The fourth-order valence-electron chi connectivity index (χ4n) is 3.39. The van der Waals surface area contributed by atoms with Gasteiger partial charge in [-0.15, -0.1) is 10.2 Å². The first-order valence-electron chi connectivity index (χ1n) is 10.7. The summed E-state index contributed by atoms with van der Waals surface area (Å²) in [4.78, 5) is 13.1. The number of sulfonamides is 1. The SMILES string of the molecule is COc1ccc(C)cc1N(CC(=O)Nc1nnc(-c2ccccc2)s1)S(=O)(=O)c1ccc(C)cc1.